The normalized spacial score (nSPS) is 16.0. The molecule has 1 aromatic rings. The standard InChI is InChI=1S/C18H28BrNO/c1-3-5-6-14(4-2)13-21-18-10-7-16(19)11-15(18)12-20-17-8-9-17/h7,10-11,14,17,20H,3-6,8-9,12-13H2,1-2H3. The van der Waals surface area contributed by atoms with Gasteiger partial charge in [-0.2, -0.15) is 0 Å². The lowest BCUT2D eigenvalue weighted by molar-refractivity contribution is 0.231. The summed E-state index contributed by atoms with van der Waals surface area (Å²) in [6.07, 6.45) is 7.69. The van der Waals surface area contributed by atoms with Crippen molar-refractivity contribution in [1.82, 2.24) is 5.32 Å². The third kappa shape index (κ3) is 5.99. The number of hydrogen-bond acceptors (Lipinski definition) is 2. The fourth-order valence-electron chi connectivity index (χ4n) is 2.47. The Hall–Kier alpha value is -0.540. The predicted octanol–water partition coefficient (Wildman–Crippen LogP) is 5.30. The van der Waals surface area contributed by atoms with Crippen molar-refractivity contribution in [2.75, 3.05) is 6.61 Å². The van der Waals surface area contributed by atoms with E-state index in [0.29, 0.717) is 5.92 Å². The summed E-state index contributed by atoms with van der Waals surface area (Å²) in [6, 6.07) is 7.08. The second-order valence-corrected chi connectivity index (χ2v) is 7.05. The van der Waals surface area contributed by atoms with Crippen LogP contribution in [0.1, 0.15) is 57.9 Å². The zero-order valence-electron chi connectivity index (χ0n) is 13.3. The van der Waals surface area contributed by atoms with Crippen molar-refractivity contribution in [2.45, 2.75) is 65.0 Å². The molecule has 2 nitrogen and oxygen atoms in total. The van der Waals surface area contributed by atoms with Crippen molar-refractivity contribution in [2.24, 2.45) is 5.92 Å². The molecule has 1 unspecified atom stereocenters. The van der Waals surface area contributed by atoms with E-state index in [1.165, 1.54) is 44.1 Å². The Labute approximate surface area is 137 Å². The Kier molecular flexibility index (Phi) is 7.05. The van der Waals surface area contributed by atoms with Gasteiger partial charge in [0.2, 0.25) is 0 Å². The van der Waals surface area contributed by atoms with Crippen LogP contribution in [0.15, 0.2) is 22.7 Å². The van der Waals surface area contributed by atoms with Crippen LogP contribution < -0.4 is 10.1 Å². The molecule has 3 heteroatoms. The van der Waals surface area contributed by atoms with Gasteiger partial charge in [0.1, 0.15) is 5.75 Å². The first-order valence-electron chi connectivity index (χ1n) is 8.37. The fourth-order valence-corrected chi connectivity index (χ4v) is 2.88. The summed E-state index contributed by atoms with van der Waals surface area (Å²) < 4.78 is 7.26. The molecule has 0 aromatic heterocycles. The van der Waals surface area contributed by atoms with Gasteiger partial charge in [0.25, 0.3) is 0 Å². The third-order valence-corrected chi connectivity index (χ3v) is 4.69. The average Bonchev–Trinajstić information content (AvgIpc) is 3.31. The molecule has 1 atom stereocenters. The topological polar surface area (TPSA) is 21.3 Å². The number of rotatable bonds is 10. The van der Waals surface area contributed by atoms with E-state index in [-0.39, 0.29) is 0 Å². The minimum absolute atomic E-state index is 0.679. The van der Waals surface area contributed by atoms with Crippen LogP contribution in [0.3, 0.4) is 0 Å². The second-order valence-electron chi connectivity index (χ2n) is 6.13. The van der Waals surface area contributed by atoms with Crippen molar-refractivity contribution >= 4 is 15.9 Å². The van der Waals surface area contributed by atoms with Crippen LogP contribution in [0.5, 0.6) is 5.75 Å². The van der Waals surface area contributed by atoms with Crippen molar-refractivity contribution in [3.63, 3.8) is 0 Å². The Bertz CT molecular complexity index is 431. The minimum Gasteiger partial charge on any atom is -0.493 e. The summed E-state index contributed by atoms with van der Waals surface area (Å²) in [5, 5.41) is 3.58. The first-order chi connectivity index (χ1) is 10.2. The highest BCUT2D eigenvalue weighted by atomic mass is 79.9. The van der Waals surface area contributed by atoms with Gasteiger partial charge in [-0.1, -0.05) is 49.0 Å². The monoisotopic (exact) mass is 353 g/mol. The first-order valence-corrected chi connectivity index (χ1v) is 9.16. The van der Waals surface area contributed by atoms with Gasteiger partial charge in [0.05, 0.1) is 6.61 Å². The van der Waals surface area contributed by atoms with Crippen LogP contribution in [0, 0.1) is 5.92 Å². The summed E-state index contributed by atoms with van der Waals surface area (Å²) in [7, 11) is 0. The summed E-state index contributed by atoms with van der Waals surface area (Å²) in [4.78, 5) is 0. The maximum atomic E-state index is 6.13. The van der Waals surface area contributed by atoms with Gasteiger partial charge < -0.3 is 10.1 Å². The Morgan fingerprint density at radius 2 is 2.14 bits per heavy atom. The van der Waals surface area contributed by atoms with E-state index in [9.17, 15) is 0 Å². The third-order valence-electron chi connectivity index (χ3n) is 4.20. The molecule has 0 radical (unpaired) electrons. The van der Waals surface area contributed by atoms with E-state index < -0.39 is 0 Å². The number of unbranched alkanes of at least 4 members (excludes halogenated alkanes) is 1. The van der Waals surface area contributed by atoms with Crippen molar-refractivity contribution < 1.29 is 4.74 Å². The lowest BCUT2D eigenvalue weighted by atomic mass is 10.0. The molecule has 0 heterocycles. The molecule has 21 heavy (non-hydrogen) atoms. The van der Waals surface area contributed by atoms with E-state index in [0.717, 1.165) is 29.4 Å². The van der Waals surface area contributed by atoms with Crippen LogP contribution in [0.25, 0.3) is 0 Å². The average molecular weight is 354 g/mol. The van der Waals surface area contributed by atoms with Gasteiger partial charge in [-0.25, -0.2) is 0 Å². The Morgan fingerprint density at radius 1 is 1.33 bits per heavy atom. The van der Waals surface area contributed by atoms with Crippen molar-refractivity contribution in [3.8, 4) is 5.75 Å². The maximum absolute atomic E-state index is 6.13. The van der Waals surface area contributed by atoms with Gasteiger partial charge in [-0.05, 0) is 43.4 Å². The maximum Gasteiger partial charge on any atom is 0.123 e. The van der Waals surface area contributed by atoms with E-state index in [1.807, 2.05) is 0 Å². The Balaban J connectivity index is 1.90. The first kappa shape index (κ1) is 16.8. The highest BCUT2D eigenvalue weighted by Gasteiger charge is 2.20. The summed E-state index contributed by atoms with van der Waals surface area (Å²) in [5.41, 5.74) is 1.27. The predicted molar refractivity (Wildman–Crippen MR) is 92.8 cm³/mol. The number of nitrogens with one attached hydrogen (secondary N) is 1. The second kappa shape index (κ2) is 8.79. The molecule has 0 bridgehead atoms. The summed E-state index contributed by atoms with van der Waals surface area (Å²) in [6.45, 7) is 6.27. The summed E-state index contributed by atoms with van der Waals surface area (Å²) in [5.74, 6) is 1.72. The molecule has 1 aliphatic carbocycles. The molecular formula is C18H28BrNO. The molecule has 0 amide bonds. The molecule has 0 saturated heterocycles. The van der Waals surface area contributed by atoms with Gasteiger partial charge in [-0.3, -0.25) is 0 Å². The smallest absolute Gasteiger partial charge is 0.123 e. The highest BCUT2D eigenvalue weighted by Crippen LogP contribution is 2.26. The van der Waals surface area contributed by atoms with Crippen LogP contribution in [0.4, 0.5) is 0 Å². The lowest BCUT2D eigenvalue weighted by Crippen LogP contribution is -2.17. The van der Waals surface area contributed by atoms with Crippen LogP contribution >= 0.6 is 15.9 Å². The largest absolute Gasteiger partial charge is 0.493 e. The molecule has 1 fully saturated rings. The van der Waals surface area contributed by atoms with Crippen LogP contribution in [-0.4, -0.2) is 12.6 Å². The molecule has 2 rings (SSSR count). The van der Waals surface area contributed by atoms with Gasteiger partial charge in [0.15, 0.2) is 0 Å². The number of halogens is 1. The van der Waals surface area contributed by atoms with E-state index in [4.69, 9.17) is 4.74 Å². The highest BCUT2D eigenvalue weighted by molar-refractivity contribution is 9.10. The van der Waals surface area contributed by atoms with Gasteiger partial charge in [0, 0.05) is 22.6 Å². The van der Waals surface area contributed by atoms with E-state index >= 15 is 0 Å². The van der Waals surface area contributed by atoms with Gasteiger partial charge >= 0.3 is 0 Å². The molecule has 1 N–H and O–H groups in total. The lowest BCUT2D eigenvalue weighted by Gasteiger charge is -2.18. The van der Waals surface area contributed by atoms with Gasteiger partial charge in [-0.15, -0.1) is 0 Å². The van der Waals surface area contributed by atoms with Crippen LogP contribution in [-0.2, 0) is 6.54 Å². The minimum atomic E-state index is 0.679. The quantitative estimate of drug-likeness (QED) is 0.616. The molecule has 0 spiro atoms. The molecule has 118 valence electrons. The molecule has 1 saturated carbocycles. The number of hydrogen-bond donors (Lipinski definition) is 1. The zero-order valence-corrected chi connectivity index (χ0v) is 14.9. The molecule has 1 aromatic carbocycles. The Morgan fingerprint density at radius 3 is 2.81 bits per heavy atom. The number of benzene rings is 1. The number of ether oxygens (including phenoxy) is 1. The van der Waals surface area contributed by atoms with Crippen molar-refractivity contribution in [3.05, 3.63) is 28.2 Å². The van der Waals surface area contributed by atoms with Crippen LogP contribution in [0.2, 0.25) is 0 Å². The van der Waals surface area contributed by atoms with E-state index in [2.05, 4.69) is 53.3 Å². The fraction of sp³-hybridized carbons (Fsp3) is 0.667. The zero-order chi connectivity index (χ0) is 15.1. The molecular weight excluding hydrogens is 326 g/mol. The van der Waals surface area contributed by atoms with E-state index in [1.54, 1.807) is 0 Å². The van der Waals surface area contributed by atoms with Crippen molar-refractivity contribution in [1.29, 1.82) is 0 Å². The SMILES string of the molecule is CCCCC(CC)COc1ccc(Br)cc1CNC1CC1. The molecule has 0 aliphatic heterocycles. The summed E-state index contributed by atoms with van der Waals surface area (Å²) >= 11 is 3.56. The molecule has 1 aliphatic rings.